The molecule has 2 unspecified atom stereocenters. The van der Waals surface area contributed by atoms with Crippen molar-refractivity contribution in [3.8, 4) is 0 Å². The summed E-state index contributed by atoms with van der Waals surface area (Å²) in [5.41, 5.74) is 1.46. The van der Waals surface area contributed by atoms with Crippen LogP contribution >= 0.6 is 15.9 Å². The Labute approximate surface area is 123 Å². The van der Waals surface area contributed by atoms with Crippen LogP contribution in [-0.2, 0) is 0 Å². The maximum Gasteiger partial charge on any atom is 0.0782 e. The predicted molar refractivity (Wildman–Crippen MR) is 81.5 cm³/mol. The minimum atomic E-state index is -0.560. The van der Waals surface area contributed by atoms with Crippen molar-refractivity contribution in [2.24, 2.45) is 0 Å². The minimum absolute atomic E-state index is 0.490. The van der Waals surface area contributed by atoms with Gasteiger partial charge in [0.15, 0.2) is 0 Å². The van der Waals surface area contributed by atoms with Gasteiger partial charge in [-0.1, -0.05) is 15.9 Å². The molecule has 2 atom stereocenters. The molecule has 0 aromatic heterocycles. The summed E-state index contributed by atoms with van der Waals surface area (Å²) in [4.78, 5) is 2.27. The van der Waals surface area contributed by atoms with E-state index < -0.39 is 11.7 Å². The largest absolute Gasteiger partial charge is 0.390 e. The van der Waals surface area contributed by atoms with E-state index in [0.29, 0.717) is 0 Å². The average Bonchev–Trinajstić information content (AvgIpc) is 2.50. The van der Waals surface area contributed by atoms with E-state index in [0.717, 1.165) is 48.1 Å². The summed E-state index contributed by atoms with van der Waals surface area (Å²) in [5.74, 6) is 0. The molecular formula is C15H22BrNO2. The second-order valence-corrected chi connectivity index (χ2v) is 6.63. The Bertz CT molecular complexity index is 446. The molecule has 0 aliphatic carbocycles. The Morgan fingerprint density at radius 1 is 1.32 bits per heavy atom. The van der Waals surface area contributed by atoms with Gasteiger partial charge < -0.3 is 15.1 Å². The van der Waals surface area contributed by atoms with Crippen molar-refractivity contribution in [2.75, 3.05) is 18.0 Å². The zero-order chi connectivity index (χ0) is 14.0. The molecule has 0 radical (unpaired) electrons. The smallest absolute Gasteiger partial charge is 0.0782 e. The summed E-state index contributed by atoms with van der Waals surface area (Å²) in [6.07, 6.45) is 2.09. The first-order valence-corrected chi connectivity index (χ1v) is 7.63. The topological polar surface area (TPSA) is 43.7 Å². The second-order valence-electron chi connectivity index (χ2n) is 5.72. The van der Waals surface area contributed by atoms with Crippen LogP contribution in [0.5, 0.6) is 0 Å². The third-order valence-corrected chi connectivity index (χ3v) is 4.34. The molecule has 2 N–H and O–H groups in total. The van der Waals surface area contributed by atoms with E-state index in [-0.39, 0.29) is 0 Å². The molecule has 1 aliphatic rings. The summed E-state index contributed by atoms with van der Waals surface area (Å²) < 4.78 is 0.981. The number of benzene rings is 1. The third-order valence-electron chi connectivity index (χ3n) is 3.84. The van der Waals surface area contributed by atoms with Crippen LogP contribution in [0.15, 0.2) is 22.7 Å². The van der Waals surface area contributed by atoms with Gasteiger partial charge in [-0.2, -0.15) is 0 Å². The lowest BCUT2D eigenvalue weighted by Crippen LogP contribution is -2.29. The summed E-state index contributed by atoms with van der Waals surface area (Å²) in [7, 11) is 0. The highest BCUT2D eigenvalue weighted by Crippen LogP contribution is 2.32. The van der Waals surface area contributed by atoms with Gasteiger partial charge in [0.2, 0.25) is 0 Å². The van der Waals surface area contributed by atoms with Crippen LogP contribution in [0.3, 0.4) is 0 Å². The van der Waals surface area contributed by atoms with E-state index >= 15 is 0 Å². The van der Waals surface area contributed by atoms with Crippen LogP contribution in [0, 0.1) is 0 Å². The highest BCUT2D eigenvalue weighted by Gasteiger charge is 2.26. The monoisotopic (exact) mass is 327 g/mol. The quantitative estimate of drug-likeness (QED) is 0.876. The number of anilines is 1. The zero-order valence-electron chi connectivity index (χ0n) is 11.6. The highest BCUT2D eigenvalue weighted by molar-refractivity contribution is 9.10. The third kappa shape index (κ3) is 3.71. The Morgan fingerprint density at radius 2 is 2.05 bits per heavy atom. The molecular weight excluding hydrogens is 306 g/mol. The first kappa shape index (κ1) is 14.8. The van der Waals surface area contributed by atoms with Crippen molar-refractivity contribution in [3.05, 3.63) is 28.2 Å². The first-order chi connectivity index (χ1) is 8.89. The SMILES string of the molecule is CC(O)c1cc(Br)ccc1N1CCCC(C)(O)CC1. The number of nitrogens with zero attached hydrogens (tertiary/aromatic N) is 1. The van der Waals surface area contributed by atoms with E-state index in [1.54, 1.807) is 6.92 Å². The van der Waals surface area contributed by atoms with Crippen molar-refractivity contribution < 1.29 is 10.2 Å². The molecule has 19 heavy (non-hydrogen) atoms. The van der Waals surface area contributed by atoms with E-state index in [9.17, 15) is 10.2 Å². The molecule has 1 fully saturated rings. The van der Waals surface area contributed by atoms with Crippen molar-refractivity contribution in [1.29, 1.82) is 0 Å². The highest BCUT2D eigenvalue weighted by atomic mass is 79.9. The molecule has 0 bridgehead atoms. The fraction of sp³-hybridized carbons (Fsp3) is 0.600. The molecule has 0 spiro atoms. The fourth-order valence-electron chi connectivity index (χ4n) is 2.65. The van der Waals surface area contributed by atoms with Crippen molar-refractivity contribution >= 4 is 21.6 Å². The van der Waals surface area contributed by atoms with Gasteiger partial charge in [-0.25, -0.2) is 0 Å². The van der Waals surface area contributed by atoms with E-state index in [2.05, 4.69) is 20.8 Å². The normalized spacial score (nSPS) is 26.1. The zero-order valence-corrected chi connectivity index (χ0v) is 13.2. The van der Waals surface area contributed by atoms with Gasteiger partial charge in [0.05, 0.1) is 11.7 Å². The van der Waals surface area contributed by atoms with Gasteiger partial charge in [-0.15, -0.1) is 0 Å². The first-order valence-electron chi connectivity index (χ1n) is 6.84. The maximum atomic E-state index is 10.2. The Balaban J connectivity index is 2.26. The van der Waals surface area contributed by atoms with E-state index in [1.165, 1.54) is 0 Å². The lowest BCUT2D eigenvalue weighted by atomic mass is 9.98. The number of hydrogen-bond acceptors (Lipinski definition) is 3. The van der Waals surface area contributed by atoms with Gasteiger partial charge in [0.25, 0.3) is 0 Å². The summed E-state index contributed by atoms with van der Waals surface area (Å²) >= 11 is 3.45. The molecule has 2 rings (SSSR count). The van der Waals surface area contributed by atoms with E-state index in [1.807, 2.05) is 25.1 Å². The maximum absolute atomic E-state index is 10.2. The van der Waals surface area contributed by atoms with Crippen LogP contribution in [0.25, 0.3) is 0 Å². The molecule has 1 heterocycles. The molecule has 106 valence electrons. The van der Waals surface area contributed by atoms with Gasteiger partial charge in [0, 0.05) is 28.8 Å². The Morgan fingerprint density at radius 3 is 2.74 bits per heavy atom. The molecule has 3 nitrogen and oxygen atoms in total. The van der Waals surface area contributed by atoms with Gasteiger partial charge >= 0.3 is 0 Å². The van der Waals surface area contributed by atoms with Gasteiger partial charge in [-0.05, 0) is 51.3 Å². The van der Waals surface area contributed by atoms with E-state index in [4.69, 9.17) is 0 Å². The van der Waals surface area contributed by atoms with Crippen LogP contribution in [0.2, 0.25) is 0 Å². The molecule has 1 aromatic rings. The Kier molecular flexibility index (Phi) is 4.54. The van der Waals surface area contributed by atoms with Crippen LogP contribution in [-0.4, -0.2) is 28.9 Å². The average molecular weight is 328 g/mol. The molecule has 0 amide bonds. The predicted octanol–water partition coefficient (Wildman–Crippen LogP) is 3.24. The summed E-state index contributed by atoms with van der Waals surface area (Å²) in [5, 5.41) is 20.1. The van der Waals surface area contributed by atoms with Crippen LogP contribution < -0.4 is 4.90 Å². The van der Waals surface area contributed by atoms with Crippen molar-refractivity contribution in [3.63, 3.8) is 0 Å². The number of rotatable bonds is 2. The number of halogens is 1. The minimum Gasteiger partial charge on any atom is -0.390 e. The molecule has 1 aromatic carbocycles. The van der Waals surface area contributed by atoms with Gasteiger partial charge in [-0.3, -0.25) is 0 Å². The molecule has 4 heteroatoms. The van der Waals surface area contributed by atoms with Crippen molar-refractivity contribution in [2.45, 2.75) is 44.8 Å². The number of hydrogen-bond donors (Lipinski definition) is 2. The lowest BCUT2D eigenvalue weighted by Gasteiger charge is -2.27. The van der Waals surface area contributed by atoms with Crippen LogP contribution in [0.1, 0.15) is 44.8 Å². The molecule has 0 saturated carbocycles. The molecule has 1 aliphatic heterocycles. The standard InChI is InChI=1S/C15H22BrNO2/c1-11(18)13-10-12(16)4-5-14(13)17-8-3-6-15(2,19)7-9-17/h4-5,10-11,18-19H,3,6-9H2,1-2H3. The van der Waals surface area contributed by atoms with Crippen molar-refractivity contribution in [1.82, 2.24) is 0 Å². The summed E-state index contributed by atoms with van der Waals surface area (Å²) in [6, 6.07) is 6.03. The number of aliphatic hydroxyl groups excluding tert-OH is 1. The van der Waals surface area contributed by atoms with Crippen LogP contribution in [0.4, 0.5) is 5.69 Å². The lowest BCUT2D eigenvalue weighted by molar-refractivity contribution is 0.0481. The second kappa shape index (κ2) is 5.81. The summed E-state index contributed by atoms with van der Waals surface area (Å²) in [6.45, 7) is 5.46. The Hall–Kier alpha value is -0.580. The number of aliphatic hydroxyl groups is 2. The fourth-order valence-corrected chi connectivity index (χ4v) is 3.03. The van der Waals surface area contributed by atoms with Gasteiger partial charge in [0.1, 0.15) is 0 Å². The molecule has 1 saturated heterocycles.